The number of hydrogen-bond acceptors (Lipinski definition) is 9. The molecule has 1 aromatic carbocycles. The van der Waals surface area contributed by atoms with Crippen LogP contribution in [0.1, 0.15) is 37.6 Å². The van der Waals surface area contributed by atoms with Gasteiger partial charge < -0.3 is 10.0 Å². The predicted molar refractivity (Wildman–Crippen MR) is 151 cm³/mol. The molecule has 4 aromatic rings. The van der Waals surface area contributed by atoms with Crippen LogP contribution in [0.25, 0.3) is 11.4 Å². The van der Waals surface area contributed by atoms with E-state index >= 15 is 0 Å². The van der Waals surface area contributed by atoms with Gasteiger partial charge in [0, 0.05) is 60.8 Å². The normalized spacial score (nSPS) is 11.1. The molecule has 0 radical (unpaired) electrons. The van der Waals surface area contributed by atoms with Crippen molar-refractivity contribution in [3.8, 4) is 11.4 Å². The van der Waals surface area contributed by atoms with E-state index in [2.05, 4.69) is 36.7 Å². The van der Waals surface area contributed by atoms with Crippen molar-refractivity contribution in [2.45, 2.75) is 49.2 Å². The second-order valence-corrected chi connectivity index (χ2v) is 11.4. The van der Waals surface area contributed by atoms with Crippen LogP contribution < -0.4 is 4.90 Å². The zero-order chi connectivity index (χ0) is 25.5. The molecule has 0 saturated heterocycles. The maximum Gasteiger partial charge on any atom is 0.319 e. The molecule has 11 heteroatoms. The van der Waals surface area contributed by atoms with Gasteiger partial charge in [-0.15, -0.1) is 23.7 Å². The van der Waals surface area contributed by atoms with Gasteiger partial charge >= 0.3 is 5.97 Å². The molecule has 0 bridgehead atoms. The Morgan fingerprint density at radius 2 is 1.68 bits per heavy atom. The maximum atomic E-state index is 11.5. The van der Waals surface area contributed by atoms with Crippen molar-refractivity contribution in [3.05, 3.63) is 77.3 Å². The van der Waals surface area contributed by atoms with Crippen LogP contribution in [0.15, 0.2) is 64.8 Å². The first kappa shape index (κ1) is 28.5. The molecule has 3 aromatic heterocycles. The fraction of sp³-hybridized carbons (Fsp3) is 0.308. The third-order valence-corrected chi connectivity index (χ3v) is 7.69. The van der Waals surface area contributed by atoms with E-state index in [0.29, 0.717) is 31.3 Å². The van der Waals surface area contributed by atoms with Crippen LogP contribution in [-0.4, -0.2) is 47.3 Å². The second kappa shape index (κ2) is 12.9. The fourth-order valence-corrected chi connectivity index (χ4v) is 5.52. The molecule has 1 N–H and O–H groups in total. The summed E-state index contributed by atoms with van der Waals surface area (Å²) in [4.78, 5) is 36.5. The van der Waals surface area contributed by atoms with E-state index in [-0.39, 0.29) is 12.4 Å². The summed E-state index contributed by atoms with van der Waals surface area (Å²) in [6.45, 7) is 6.64. The number of aromatic nitrogens is 5. The lowest BCUT2D eigenvalue weighted by Gasteiger charge is -2.22. The van der Waals surface area contributed by atoms with Crippen molar-refractivity contribution in [1.29, 1.82) is 0 Å². The van der Waals surface area contributed by atoms with Crippen LogP contribution in [0.2, 0.25) is 0 Å². The molecule has 0 atom stereocenters. The smallest absolute Gasteiger partial charge is 0.319 e. The number of carboxylic acids is 1. The molecular formula is C26H29ClN6O2S2. The molecule has 0 saturated carbocycles. The number of carboxylic acid groups (broad SMARTS) is 1. The summed E-state index contributed by atoms with van der Waals surface area (Å²) < 4.78 is -0.181. The minimum absolute atomic E-state index is 0. The lowest BCUT2D eigenvalue weighted by atomic mass is 10.2. The second-order valence-electron chi connectivity index (χ2n) is 8.72. The highest BCUT2D eigenvalue weighted by molar-refractivity contribution is 8.03. The molecule has 194 valence electrons. The van der Waals surface area contributed by atoms with Gasteiger partial charge in [-0.05, 0) is 25.8 Å². The SMILES string of the molecule is CCc1cnc(N(CCc2csc(SC(C)(C)C(=O)O)n2)Cc2cnc(-c3ccccc3)nc2)nc1.Cl. The monoisotopic (exact) mass is 556 g/mol. The standard InChI is InChI=1S/C26H28N6O2S2.ClH/c1-4-18-12-29-24(30-13-18)32(11-10-21-17-35-25(31-21)36-26(2,3)23(33)34)16-19-14-27-22(28-15-19)20-8-6-5-7-9-20;/h5-9,12-15,17H,4,10-11,16H2,1-3H3,(H,33,34);1H. The summed E-state index contributed by atoms with van der Waals surface area (Å²) in [5.74, 6) is 0.464. The molecule has 0 aliphatic rings. The highest BCUT2D eigenvalue weighted by Crippen LogP contribution is 2.34. The predicted octanol–water partition coefficient (Wildman–Crippen LogP) is 5.58. The van der Waals surface area contributed by atoms with Crippen LogP contribution >= 0.6 is 35.5 Å². The molecule has 8 nitrogen and oxygen atoms in total. The van der Waals surface area contributed by atoms with E-state index in [4.69, 9.17) is 0 Å². The number of hydrogen-bond donors (Lipinski definition) is 1. The summed E-state index contributed by atoms with van der Waals surface area (Å²) in [6.07, 6.45) is 8.95. The lowest BCUT2D eigenvalue weighted by Crippen LogP contribution is -2.27. The molecule has 3 heterocycles. The minimum Gasteiger partial charge on any atom is -0.480 e. The van der Waals surface area contributed by atoms with Crippen molar-refractivity contribution in [2.24, 2.45) is 0 Å². The topological polar surface area (TPSA) is 105 Å². The molecule has 4 rings (SSSR count). The van der Waals surface area contributed by atoms with Gasteiger partial charge in [0.1, 0.15) is 4.75 Å². The summed E-state index contributed by atoms with van der Waals surface area (Å²) in [7, 11) is 0. The summed E-state index contributed by atoms with van der Waals surface area (Å²) in [6, 6.07) is 9.88. The van der Waals surface area contributed by atoms with Crippen LogP contribution in [0.5, 0.6) is 0 Å². The Kier molecular flexibility index (Phi) is 9.96. The van der Waals surface area contributed by atoms with Gasteiger partial charge in [-0.3, -0.25) is 4.79 Å². The number of thioether (sulfide) groups is 1. The molecule has 0 amide bonds. The number of nitrogens with zero attached hydrogens (tertiary/aromatic N) is 6. The number of carbonyl (C=O) groups is 1. The van der Waals surface area contributed by atoms with Crippen molar-refractivity contribution in [1.82, 2.24) is 24.9 Å². The highest BCUT2D eigenvalue weighted by Gasteiger charge is 2.29. The zero-order valence-electron chi connectivity index (χ0n) is 20.9. The Balaban J connectivity index is 0.00000380. The lowest BCUT2D eigenvalue weighted by molar-refractivity contribution is -0.138. The largest absolute Gasteiger partial charge is 0.480 e. The fourth-order valence-electron chi connectivity index (χ4n) is 3.30. The van der Waals surface area contributed by atoms with E-state index in [1.54, 1.807) is 13.8 Å². The van der Waals surface area contributed by atoms with Crippen LogP contribution in [0, 0.1) is 0 Å². The highest BCUT2D eigenvalue weighted by atomic mass is 35.5. The molecule has 0 aliphatic carbocycles. The Hall–Kier alpha value is -3.08. The van der Waals surface area contributed by atoms with E-state index in [1.807, 2.05) is 60.5 Å². The Bertz CT molecular complexity index is 1280. The molecule has 0 unspecified atom stereocenters. The number of thiazole rings is 1. The minimum atomic E-state index is -0.929. The van der Waals surface area contributed by atoms with Crippen molar-refractivity contribution in [2.75, 3.05) is 11.4 Å². The maximum absolute atomic E-state index is 11.5. The van der Waals surface area contributed by atoms with Gasteiger partial charge in [0.25, 0.3) is 0 Å². The summed E-state index contributed by atoms with van der Waals surface area (Å²) >= 11 is 2.73. The average molecular weight is 557 g/mol. The summed E-state index contributed by atoms with van der Waals surface area (Å²) in [5.41, 5.74) is 3.92. The Morgan fingerprint density at radius 3 is 2.30 bits per heavy atom. The first-order valence-electron chi connectivity index (χ1n) is 11.6. The molecule has 0 spiro atoms. The Labute approximate surface area is 231 Å². The van der Waals surface area contributed by atoms with E-state index in [9.17, 15) is 9.90 Å². The number of halogens is 1. The van der Waals surface area contributed by atoms with Crippen molar-refractivity contribution < 1.29 is 9.90 Å². The number of anilines is 1. The number of rotatable bonds is 11. The first-order chi connectivity index (χ1) is 17.3. The van der Waals surface area contributed by atoms with E-state index < -0.39 is 10.7 Å². The number of aryl methyl sites for hydroxylation is 1. The summed E-state index contributed by atoms with van der Waals surface area (Å²) in [5, 5.41) is 11.4. The van der Waals surface area contributed by atoms with Crippen LogP contribution in [0.3, 0.4) is 0 Å². The number of benzene rings is 1. The van der Waals surface area contributed by atoms with Crippen LogP contribution in [-0.2, 0) is 24.2 Å². The van der Waals surface area contributed by atoms with Gasteiger partial charge in [-0.25, -0.2) is 24.9 Å². The third kappa shape index (κ3) is 7.70. The molecule has 0 fully saturated rings. The van der Waals surface area contributed by atoms with Gasteiger partial charge in [-0.2, -0.15) is 0 Å². The third-order valence-electron chi connectivity index (χ3n) is 5.52. The van der Waals surface area contributed by atoms with Crippen molar-refractivity contribution in [3.63, 3.8) is 0 Å². The number of aliphatic carboxylic acids is 1. The quantitative estimate of drug-likeness (QED) is 0.237. The van der Waals surface area contributed by atoms with Crippen molar-refractivity contribution >= 4 is 47.4 Å². The van der Waals surface area contributed by atoms with E-state index in [0.717, 1.165) is 33.1 Å². The van der Waals surface area contributed by atoms with Gasteiger partial charge in [-0.1, -0.05) is 49.0 Å². The molecule has 0 aliphatic heterocycles. The molecular weight excluding hydrogens is 528 g/mol. The average Bonchev–Trinajstić information content (AvgIpc) is 3.34. The van der Waals surface area contributed by atoms with Gasteiger partial charge in [0.15, 0.2) is 10.2 Å². The van der Waals surface area contributed by atoms with Crippen LogP contribution in [0.4, 0.5) is 5.95 Å². The molecule has 37 heavy (non-hydrogen) atoms. The first-order valence-corrected chi connectivity index (χ1v) is 13.3. The Morgan fingerprint density at radius 1 is 1.03 bits per heavy atom. The van der Waals surface area contributed by atoms with E-state index in [1.165, 1.54) is 23.1 Å². The zero-order valence-corrected chi connectivity index (χ0v) is 23.3. The van der Waals surface area contributed by atoms with Gasteiger partial charge in [0.2, 0.25) is 5.95 Å². The van der Waals surface area contributed by atoms with Gasteiger partial charge in [0.05, 0.1) is 5.69 Å².